The maximum absolute atomic E-state index is 10.1. The van der Waals surface area contributed by atoms with Gasteiger partial charge in [-0.05, 0) is 18.9 Å². The van der Waals surface area contributed by atoms with Crippen LogP contribution in [0.4, 0.5) is 0 Å². The summed E-state index contributed by atoms with van der Waals surface area (Å²) < 4.78 is 5.19. The maximum Gasteiger partial charge on any atom is 0.358 e. The van der Waals surface area contributed by atoms with Crippen LogP contribution in [0.2, 0.25) is 0 Å². The normalized spacial score (nSPS) is 10.6. The minimum atomic E-state index is 0.649. The molecular formula is C12H15O2+. The van der Waals surface area contributed by atoms with E-state index in [1.165, 1.54) is 6.29 Å². The molecule has 0 N–H and O–H groups in total. The summed E-state index contributed by atoms with van der Waals surface area (Å²) in [7, 11) is 0. The summed E-state index contributed by atoms with van der Waals surface area (Å²) in [4.78, 5) is 10.1. The predicted molar refractivity (Wildman–Crippen MR) is 56.6 cm³/mol. The molecule has 14 heavy (non-hydrogen) atoms. The molecule has 0 heterocycles. The molecular weight excluding hydrogens is 176 g/mol. The number of unbranched alkanes of at least 4 members (excludes halogenated alkanes) is 1. The van der Waals surface area contributed by atoms with Gasteiger partial charge >= 0.3 is 12.0 Å². The van der Waals surface area contributed by atoms with Crippen LogP contribution in [0, 0.1) is 0 Å². The number of carbonyl (C=O) groups excluding carboxylic acids is 2. The summed E-state index contributed by atoms with van der Waals surface area (Å²) in [5, 5.41) is 0. The summed E-state index contributed by atoms with van der Waals surface area (Å²) in [6.45, 7) is 2.15. The number of aryl methyl sites for hydroxylation is 1. The van der Waals surface area contributed by atoms with Crippen LogP contribution in [0.3, 0.4) is 0 Å². The highest BCUT2D eigenvalue weighted by Crippen LogP contribution is 2.19. The smallest absolute Gasteiger partial charge is 0.289 e. The molecule has 0 amide bonds. The molecule has 1 aromatic rings. The van der Waals surface area contributed by atoms with Crippen LogP contribution >= 0.6 is 0 Å². The van der Waals surface area contributed by atoms with Gasteiger partial charge in [-0.3, -0.25) is 4.79 Å². The molecule has 0 atom stereocenters. The fourth-order valence-electron chi connectivity index (χ4n) is 1.29. The minimum Gasteiger partial charge on any atom is -0.289 e. The van der Waals surface area contributed by atoms with Crippen molar-refractivity contribution in [3.05, 3.63) is 29.8 Å². The first-order valence-corrected chi connectivity index (χ1v) is 4.90. The van der Waals surface area contributed by atoms with Gasteiger partial charge in [0.15, 0.2) is 0 Å². The Morgan fingerprint density at radius 1 is 1.36 bits per heavy atom. The topological polar surface area (TPSA) is 28.4 Å². The molecule has 0 aliphatic heterocycles. The molecule has 0 unspecified atom stereocenters. The highest BCUT2D eigenvalue weighted by Gasteiger charge is 2.08. The SMILES string of the molecule is CCCCc1ccccc1[O+]=CC=O. The molecule has 0 saturated carbocycles. The van der Waals surface area contributed by atoms with Crippen molar-refractivity contribution in [3.63, 3.8) is 0 Å². The minimum absolute atomic E-state index is 0.649. The third kappa shape index (κ3) is 3.13. The fourth-order valence-corrected chi connectivity index (χ4v) is 1.29. The average molecular weight is 191 g/mol. The highest BCUT2D eigenvalue weighted by atomic mass is 16.4. The van der Waals surface area contributed by atoms with Crippen LogP contribution in [0.25, 0.3) is 0 Å². The van der Waals surface area contributed by atoms with Crippen molar-refractivity contribution in [3.8, 4) is 5.75 Å². The van der Waals surface area contributed by atoms with E-state index < -0.39 is 0 Å². The molecule has 2 heteroatoms. The van der Waals surface area contributed by atoms with Crippen molar-refractivity contribution < 1.29 is 9.22 Å². The Morgan fingerprint density at radius 3 is 2.86 bits per heavy atom. The summed E-state index contributed by atoms with van der Waals surface area (Å²) in [6, 6.07) is 7.80. The number of aldehydes is 2. The molecule has 0 aliphatic rings. The molecule has 74 valence electrons. The molecule has 0 bridgehead atoms. The lowest BCUT2D eigenvalue weighted by Crippen LogP contribution is -1.87. The maximum atomic E-state index is 10.1. The van der Waals surface area contributed by atoms with Crippen molar-refractivity contribution in [1.29, 1.82) is 0 Å². The molecule has 1 aromatic carbocycles. The van der Waals surface area contributed by atoms with E-state index in [1.54, 1.807) is 0 Å². The average Bonchev–Trinajstić information content (AvgIpc) is 2.24. The Balaban J connectivity index is 2.79. The lowest BCUT2D eigenvalue weighted by molar-refractivity contribution is -0.359. The Bertz CT molecular complexity index is 316. The van der Waals surface area contributed by atoms with Gasteiger partial charge in [-0.25, -0.2) is 4.42 Å². The second-order valence-electron chi connectivity index (χ2n) is 3.10. The zero-order valence-corrected chi connectivity index (χ0v) is 8.40. The predicted octanol–water partition coefficient (Wildman–Crippen LogP) is 2.68. The van der Waals surface area contributed by atoms with E-state index >= 15 is 0 Å². The summed E-state index contributed by atoms with van der Waals surface area (Å²) in [6.07, 6.45) is 5.12. The molecule has 0 aliphatic carbocycles. The Hall–Kier alpha value is -1.44. The van der Waals surface area contributed by atoms with Gasteiger partial charge in [-0.15, -0.1) is 0 Å². The summed E-state index contributed by atoms with van der Waals surface area (Å²) in [5.74, 6) is 0.785. The van der Waals surface area contributed by atoms with Crippen LogP contribution in [-0.2, 0) is 15.6 Å². The number of rotatable bonds is 5. The van der Waals surface area contributed by atoms with Crippen LogP contribution in [0.5, 0.6) is 5.75 Å². The molecule has 0 fully saturated rings. The van der Waals surface area contributed by atoms with Gasteiger partial charge in [0.25, 0.3) is 0 Å². The van der Waals surface area contributed by atoms with Gasteiger partial charge in [0.2, 0.25) is 6.29 Å². The third-order valence-electron chi connectivity index (χ3n) is 2.02. The lowest BCUT2D eigenvalue weighted by Gasteiger charge is -1.95. The largest absolute Gasteiger partial charge is 0.358 e. The number of hydrogen-bond donors (Lipinski definition) is 0. The van der Waals surface area contributed by atoms with E-state index in [0.717, 1.165) is 30.6 Å². The van der Waals surface area contributed by atoms with Gasteiger partial charge < -0.3 is 0 Å². The van der Waals surface area contributed by atoms with Crippen LogP contribution in [0.15, 0.2) is 24.3 Å². The van der Waals surface area contributed by atoms with E-state index in [2.05, 4.69) is 6.92 Å². The first-order valence-electron chi connectivity index (χ1n) is 4.90. The van der Waals surface area contributed by atoms with E-state index in [9.17, 15) is 4.79 Å². The van der Waals surface area contributed by atoms with Crippen LogP contribution in [0.1, 0.15) is 25.3 Å². The van der Waals surface area contributed by atoms with Crippen molar-refractivity contribution >= 4 is 12.6 Å². The first-order chi connectivity index (χ1) is 6.88. The van der Waals surface area contributed by atoms with Gasteiger partial charge in [-0.1, -0.05) is 25.5 Å². The van der Waals surface area contributed by atoms with Crippen LogP contribution in [-0.4, -0.2) is 12.6 Å². The lowest BCUT2D eigenvalue weighted by atomic mass is 10.1. The summed E-state index contributed by atoms with van der Waals surface area (Å²) in [5.41, 5.74) is 1.16. The third-order valence-corrected chi connectivity index (χ3v) is 2.02. The molecule has 2 nitrogen and oxygen atoms in total. The zero-order chi connectivity index (χ0) is 10.2. The molecule has 0 aromatic heterocycles. The van der Waals surface area contributed by atoms with Crippen molar-refractivity contribution in [2.75, 3.05) is 0 Å². The van der Waals surface area contributed by atoms with Gasteiger partial charge in [0, 0.05) is 6.07 Å². The highest BCUT2D eigenvalue weighted by molar-refractivity contribution is 6.09. The Kier molecular flexibility index (Phi) is 4.62. The fraction of sp³-hybridized carbons (Fsp3) is 0.333. The Labute approximate surface area is 84.3 Å². The van der Waals surface area contributed by atoms with Crippen molar-refractivity contribution in [2.24, 2.45) is 0 Å². The standard InChI is InChI=1S/C12H15O2/c1-2-3-6-11-7-4-5-8-12(11)14-10-9-13/h4-5,7-10H,2-3,6H2,1H3/q+1. The number of benzene rings is 1. The number of hydrogen-bond acceptors (Lipinski definition) is 1. The monoisotopic (exact) mass is 191 g/mol. The molecule has 0 spiro atoms. The van der Waals surface area contributed by atoms with E-state index in [-0.39, 0.29) is 0 Å². The second-order valence-corrected chi connectivity index (χ2v) is 3.10. The number of para-hydroxylation sites is 1. The van der Waals surface area contributed by atoms with Gasteiger partial charge in [0.05, 0.1) is 5.56 Å². The molecule has 1 rings (SSSR count). The molecule has 0 radical (unpaired) electrons. The van der Waals surface area contributed by atoms with E-state index in [0.29, 0.717) is 6.29 Å². The molecule has 0 saturated heterocycles. The summed E-state index contributed by atoms with van der Waals surface area (Å²) >= 11 is 0. The van der Waals surface area contributed by atoms with Crippen LogP contribution < -0.4 is 0 Å². The zero-order valence-electron chi connectivity index (χ0n) is 8.40. The van der Waals surface area contributed by atoms with E-state index in [1.807, 2.05) is 24.3 Å². The second kappa shape index (κ2) is 6.08. The van der Waals surface area contributed by atoms with Crippen molar-refractivity contribution in [1.82, 2.24) is 0 Å². The first kappa shape index (κ1) is 10.6. The van der Waals surface area contributed by atoms with Crippen molar-refractivity contribution in [2.45, 2.75) is 26.2 Å². The number of carbonyl (C=O) groups is 1. The van der Waals surface area contributed by atoms with E-state index in [4.69, 9.17) is 4.42 Å². The van der Waals surface area contributed by atoms with Gasteiger partial charge in [0.1, 0.15) is 0 Å². The Morgan fingerprint density at radius 2 is 2.14 bits per heavy atom. The quantitative estimate of drug-likeness (QED) is 0.399. The van der Waals surface area contributed by atoms with Gasteiger partial charge in [-0.2, -0.15) is 0 Å².